The third-order valence-electron chi connectivity index (χ3n) is 3.31. The van der Waals surface area contributed by atoms with Crippen molar-refractivity contribution in [1.29, 1.82) is 5.26 Å². The number of rotatable bonds is 5. The van der Waals surface area contributed by atoms with E-state index in [1.165, 1.54) is 0 Å². The van der Waals surface area contributed by atoms with Gasteiger partial charge < -0.3 is 9.64 Å². The third kappa shape index (κ3) is 2.83. The maximum absolute atomic E-state index is 8.81. The van der Waals surface area contributed by atoms with Gasteiger partial charge in [0, 0.05) is 24.2 Å². The Morgan fingerprint density at radius 2 is 2.15 bits per heavy atom. The number of anilines is 1. The first-order valence-electron chi connectivity index (χ1n) is 6.73. The maximum atomic E-state index is 8.81. The van der Waals surface area contributed by atoms with Gasteiger partial charge in [0.2, 0.25) is 0 Å². The summed E-state index contributed by atoms with van der Waals surface area (Å²) in [4.78, 5) is 6.68. The Hall–Kier alpha value is -2.28. The number of nitrogens with zero attached hydrogens (tertiary/aromatic N) is 3. The molecule has 0 aliphatic rings. The Morgan fingerprint density at radius 3 is 2.80 bits per heavy atom. The smallest absolute Gasteiger partial charge is 0.136 e. The number of hydrogen-bond donors (Lipinski definition) is 0. The average molecular weight is 269 g/mol. The number of nitriles is 1. The fourth-order valence-corrected chi connectivity index (χ4v) is 2.28. The number of methoxy groups -OCH3 is 1. The molecule has 1 heterocycles. The molecule has 0 atom stereocenters. The molecule has 0 radical (unpaired) electrons. The Kier molecular flexibility index (Phi) is 4.41. The first kappa shape index (κ1) is 14.1. The normalized spacial score (nSPS) is 10.6. The molecule has 4 nitrogen and oxygen atoms in total. The van der Waals surface area contributed by atoms with Gasteiger partial charge in [0.25, 0.3) is 0 Å². The SMILES string of the molecule is COc1ccc2c(N(CCC#N)C(C)C)nccc2c1. The van der Waals surface area contributed by atoms with Gasteiger partial charge in [-0.25, -0.2) is 4.98 Å². The zero-order valence-corrected chi connectivity index (χ0v) is 12.1. The van der Waals surface area contributed by atoms with Gasteiger partial charge in [-0.05, 0) is 43.5 Å². The monoisotopic (exact) mass is 269 g/mol. The minimum absolute atomic E-state index is 0.295. The maximum Gasteiger partial charge on any atom is 0.136 e. The highest BCUT2D eigenvalue weighted by atomic mass is 16.5. The molecule has 2 aromatic rings. The molecule has 0 aliphatic heterocycles. The molecule has 0 unspecified atom stereocenters. The van der Waals surface area contributed by atoms with Crippen molar-refractivity contribution in [2.24, 2.45) is 0 Å². The zero-order valence-electron chi connectivity index (χ0n) is 12.1. The van der Waals surface area contributed by atoms with E-state index in [0.29, 0.717) is 19.0 Å². The summed E-state index contributed by atoms with van der Waals surface area (Å²) in [6.07, 6.45) is 2.30. The highest BCUT2D eigenvalue weighted by molar-refractivity contribution is 5.93. The number of pyridine rings is 1. The number of fused-ring (bicyclic) bond motifs is 1. The van der Waals surface area contributed by atoms with Crippen molar-refractivity contribution in [2.45, 2.75) is 26.3 Å². The van der Waals surface area contributed by atoms with Crippen molar-refractivity contribution in [3.8, 4) is 11.8 Å². The van der Waals surface area contributed by atoms with Crippen LogP contribution in [0.5, 0.6) is 5.75 Å². The summed E-state index contributed by atoms with van der Waals surface area (Å²) in [5.74, 6) is 1.76. The Morgan fingerprint density at radius 1 is 1.35 bits per heavy atom. The Bertz CT molecular complexity index is 631. The molecule has 0 spiro atoms. The number of hydrogen-bond acceptors (Lipinski definition) is 4. The van der Waals surface area contributed by atoms with Crippen LogP contribution >= 0.6 is 0 Å². The highest BCUT2D eigenvalue weighted by Gasteiger charge is 2.14. The molecule has 1 aromatic carbocycles. The van der Waals surface area contributed by atoms with Gasteiger partial charge in [-0.1, -0.05) is 0 Å². The summed E-state index contributed by atoms with van der Waals surface area (Å²) < 4.78 is 5.26. The lowest BCUT2D eigenvalue weighted by molar-refractivity contribution is 0.415. The lowest BCUT2D eigenvalue weighted by Gasteiger charge is -2.28. The topological polar surface area (TPSA) is 49.1 Å². The van der Waals surface area contributed by atoms with Crippen LogP contribution in [0.2, 0.25) is 0 Å². The van der Waals surface area contributed by atoms with E-state index in [4.69, 9.17) is 10.00 Å². The summed E-state index contributed by atoms with van der Waals surface area (Å²) in [5, 5.41) is 11.0. The number of ether oxygens (including phenoxy) is 1. The predicted octanol–water partition coefficient (Wildman–Crippen LogP) is 3.37. The van der Waals surface area contributed by atoms with Gasteiger partial charge >= 0.3 is 0 Å². The third-order valence-corrected chi connectivity index (χ3v) is 3.31. The van der Waals surface area contributed by atoms with Gasteiger partial charge in [-0.15, -0.1) is 0 Å². The summed E-state index contributed by atoms with van der Waals surface area (Å²) in [6.45, 7) is 4.91. The number of benzene rings is 1. The second-order valence-electron chi connectivity index (χ2n) is 4.92. The average Bonchev–Trinajstić information content (AvgIpc) is 2.46. The number of aromatic nitrogens is 1. The van der Waals surface area contributed by atoms with Gasteiger partial charge in [0.05, 0.1) is 19.6 Å². The summed E-state index contributed by atoms with van der Waals surface area (Å²) in [7, 11) is 1.66. The Balaban J connectivity index is 2.49. The molecular weight excluding hydrogens is 250 g/mol. The summed E-state index contributed by atoms with van der Waals surface area (Å²) in [5.41, 5.74) is 0. The standard InChI is InChI=1S/C16H19N3O/c1-12(2)19(10-4-8-17)16-15-6-5-14(20-3)11-13(15)7-9-18-16/h5-7,9,11-12H,4,10H2,1-3H3. The molecule has 0 aliphatic carbocycles. The molecule has 0 saturated carbocycles. The minimum Gasteiger partial charge on any atom is -0.497 e. The molecule has 0 bridgehead atoms. The van der Waals surface area contributed by atoms with E-state index < -0.39 is 0 Å². The largest absolute Gasteiger partial charge is 0.497 e. The van der Waals surface area contributed by atoms with Gasteiger partial charge in [-0.3, -0.25) is 0 Å². The van der Waals surface area contributed by atoms with Crippen LogP contribution in [0.25, 0.3) is 10.8 Å². The van der Waals surface area contributed by atoms with Crippen molar-refractivity contribution in [2.75, 3.05) is 18.6 Å². The van der Waals surface area contributed by atoms with E-state index in [2.05, 4.69) is 29.8 Å². The molecule has 0 N–H and O–H groups in total. The van der Waals surface area contributed by atoms with Gasteiger partial charge in [-0.2, -0.15) is 5.26 Å². The van der Waals surface area contributed by atoms with Crippen LogP contribution in [0.4, 0.5) is 5.82 Å². The van der Waals surface area contributed by atoms with E-state index in [9.17, 15) is 0 Å². The molecule has 1 aromatic heterocycles. The summed E-state index contributed by atoms with van der Waals surface area (Å²) >= 11 is 0. The van der Waals surface area contributed by atoms with Gasteiger partial charge in [0.1, 0.15) is 11.6 Å². The van der Waals surface area contributed by atoms with E-state index in [1.807, 2.05) is 24.3 Å². The fraction of sp³-hybridized carbons (Fsp3) is 0.375. The first-order chi connectivity index (χ1) is 9.67. The van der Waals surface area contributed by atoms with Crippen molar-refractivity contribution in [3.63, 3.8) is 0 Å². The van der Waals surface area contributed by atoms with Crippen LogP contribution < -0.4 is 9.64 Å². The van der Waals surface area contributed by atoms with Crippen molar-refractivity contribution >= 4 is 16.6 Å². The van der Waals surface area contributed by atoms with E-state index in [0.717, 1.165) is 22.3 Å². The molecule has 20 heavy (non-hydrogen) atoms. The quantitative estimate of drug-likeness (QED) is 0.835. The van der Waals surface area contributed by atoms with Crippen molar-refractivity contribution in [3.05, 3.63) is 30.5 Å². The predicted molar refractivity (Wildman–Crippen MR) is 81.0 cm³/mol. The first-order valence-corrected chi connectivity index (χ1v) is 6.73. The molecule has 2 rings (SSSR count). The van der Waals surface area contributed by atoms with Crippen LogP contribution in [0.15, 0.2) is 30.5 Å². The minimum atomic E-state index is 0.295. The van der Waals surface area contributed by atoms with Crippen LogP contribution in [0.1, 0.15) is 20.3 Å². The lowest BCUT2D eigenvalue weighted by atomic mass is 10.1. The lowest BCUT2D eigenvalue weighted by Crippen LogP contribution is -2.32. The summed E-state index contributed by atoms with van der Waals surface area (Å²) in [6, 6.07) is 10.4. The Labute approximate surface area is 119 Å². The molecule has 0 fully saturated rings. The van der Waals surface area contributed by atoms with Crippen LogP contribution in [-0.2, 0) is 0 Å². The van der Waals surface area contributed by atoms with Crippen molar-refractivity contribution < 1.29 is 4.74 Å². The molecule has 4 heteroatoms. The van der Waals surface area contributed by atoms with Crippen molar-refractivity contribution in [1.82, 2.24) is 4.98 Å². The van der Waals surface area contributed by atoms with Crippen LogP contribution in [0, 0.1) is 11.3 Å². The van der Waals surface area contributed by atoms with E-state index in [1.54, 1.807) is 13.3 Å². The highest BCUT2D eigenvalue weighted by Crippen LogP contribution is 2.28. The van der Waals surface area contributed by atoms with Crippen LogP contribution in [-0.4, -0.2) is 24.7 Å². The van der Waals surface area contributed by atoms with E-state index in [-0.39, 0.29) is 0 Å². The molecule has 0 saturated heterocycles. The fourth-order valence-electron chi connectivity index (χ4n) is 2.28. The second-order valence-corrected chi connectivity index (χ2v) is 4.92. The molecule has 0 amide bonds. The molecular formula is C16H19N3O. The second kappa shape index (κ2) is 6.25. The molecule has 104 valence electrons. The van der Waals surface area contributed by atoms with Gasteiger partial charge in [0.15, 0.2) is 0 Å². The van der Waals surface area contributed by atoms with Crippen LogP contribution in [0.3, 0.4) is 0 Å². The van der Waals surface area contributed by atoms with E-state index >= 15 is 0 Å². The zero-order chi connectivity index (χ0) is 14.5.